The summed E-state index contributed by atoms with van der Waals surface area (Å²) in [5.41, 5.74) is 1.01. The molecule has 1 amide bonds. The molecule has 0 aromatic carbocycles. The normalized spacial score (nSPS) is 22.4. The van der Waals surface area contributed by atoms with E-state index in [0.717, 1.165) is 0 Å². The number of carbonyl (C=O) groups is 1. The van der Waals surface area contributed by atoms with E-state index >= 15 is 0 Å². The van der Waals surface area contributed by atoms with Gasteiger partial charge < -0.3 is 5.32 Å². The molecule has 78 valence electrons. The second-order valence-corrected chi connectivity index (χ2v) is 4.74. The minimum absolute atomic E-state index is 0.155. The zero-order valence-electron chi connectivity index (χ0n) is 7.99. The summed E-state index contributed by atoms with van der Waals surface area (Å²) < 4.78 is 24.8. The molecule has 0 radical (unpaired) electrons. The van der Waals surface area contributed by atoms with Crippen LogP contribution in [0.4, 0.5) is 0 Å². The number of amides is 1. The zero-order valence-corrected chi connectivity index (χ0v) is 8.81. The van der Waals surface area contributed by atoms with Gasteiger partial charge in [-0.3, -0.25) is 9.52 Å². The summed E-state index contributed by atoms with van der Waals surface area (Å²) in [6, 6.07) is 0. The third kappa shape index (κ3) is 2.88. The Kier molecular flexibility index (Phi) is 2.95. The second kappa shape index (κ2) is 3.83. The maximum Gasteiger partial charge on any atom is 0.244 e. The SMILES string of the molecule is CNC(=O)/C=C1\C=C(C)NS(=O)(=O)C1. The molecule has 0 saturated heterocycles. The van der Waals surface area contributed by atoms with E-state index in [4.69, 9.17) is 0 Å². The van der Waals surface area contributed by atoms with Gasteiger partial charge >= 0.3 is 0 Å². The van der Waals surface area contributed by atoms with Crippen LogP contribution < -0.4 is 10.0 Å². The molecule has 0 aromatic heterocycles. The van der Waals surface area contributed by atoms with Crippen molar-refractivity contribution >= 4 is 15.9 Å². The molecule has 0 aromatic rings. The van der Waals surface area contributed by atoms with Crippen LogP contribution in [0.1, 0.15) is 6.92 Å². The molecule has 0 fully saturated rings. The highest BCUT2D eigenvalue weighted by atomic mass is 32.2. The highest BCUT2D eigenvalue weighted by Gasteiger charge is 2.18. The third-order valence-electron chi connectivity index (χ3n) is 1.64. The smallest absolute Gasteiger partial charge is 0.244 e. The van der Waals surface area contributed by atoms with Gasteiger partial charge in [-0.05, 0) is 18.6 Å². The minimum atomic E-state index is -3.30. The standard InChI is InChI=1S/C8H12N2O3S/c1-6-3-7(4-8(11)9-2)5-14(12,13)10-6/h3-4,10H,5H2,1-2H3,(H,9,11)/b7-4+. The Hall–Kier alpha value is -1.30. The highest BCUT2D eigenvalue weighted by Crippen LogP contribution is 2.11. The van der Waals surface area contributed by atoms with Gasteiger partial charge in [-0.15, -0.1) is 0 Å². The average molecular weight is 216 g/mol. The van der Waals surface area contributed by atoms with E-state index in [1.54, 1.807) is 13.0 Å². The van der Waals surface area contributed by atoms with Crippen LogP contribution in [0.25, 0.3) is 0 Å². The van der Waals surface area contributed by atoms with Crippen molar-refractivity contribution in [2.24, 2.45) is 0 Å². The van der Waals surface area contributed by atoms with Gasteiger partial charge in [-0.25, -0.2) is 8.42 Å². The van der Waals surface area contributed by atoms with E-state index in [9.17, 15) is 13.2 Å². The van der Waals surface area contributed by atoms with Crippen molar-refractivity contribution in [1.82, 2.24) is 10.0 Å². The molecule has 2 N–H and O–H groups in total. The van der Waals surface area contributed by atoms with Crippen molar-refractivity contribution in [2.75, 3.05) is 12.8 Å². The quantitative estimate of drug-likeness (QED) is 0.580. The molecule has 14 heavy (non-hydrogen) atoms. The van der Waals surface area contributed by atoms with Crippen LogP contribution in [-0.2, 0) is 14.8 Å². The van der Waals surface area contributed by atoms with Crippen molar-refractivity contribution in [1.29, 1.82) is 0 Å². The van der Waals surface area contributed by atoms with Gasteiger partial charge in [0.1, 0.15) is 0 Å². The van der Waals surface area contributed by atoms with E-state index in [1.165, 1.54) is 13.1 Å². The summed E-state index contributed by atoms with van der Waals surface area (Å²) >= 11 is 0. The fraction of sp³-hybridized carbons (Fsp3) is 0.375. The fourth-order valence-corrected chi connectivity index (χ4v) is 2.40. The summed E-state index contributed by atoms with van der Waals surface area (Å²) in [6.45, 7) is 1.63. The Morgan fingerprint density at radius 2 is 2.29 bits per heavy atom. The molecule has 0 saturated carbocycles. The second-order valence-electron chi connectivity index (χ2n) is 3.02. The molecule has 1 rings (SSSR count). The number of sulfonamides is 1. The lowest BCUT2D eigenvalue weighted by Crippen LogP contribution is -2.30. The van der Waals surface area contributed by atoms with Gasteiger partial charge in [0.25, 0.3) is 0 Å². The molecule has 0 spiro atoms. The van der Waals surface area contributed by atoms with Crippen LogP contribution >= 0.6 is 0 Å². The van der Waals surface area contributed by atoms with E-state index < -0.39 is 10.0 Å². The van der Waals surface area contributed by atoms with Crippen molar-refractivity contribution in [2.45, 2.75) is 6.92 Å². The maximum atomic E-state index is 11.2. The van der Waals surface area contributed by atoms with Crippen LogP contribution in [0.3, 0.4) is 0 Å². The predicted molar refractivity (Wildman–Crippen MR) is 52.8 cm³/mol. The maximum absolute atomic E-state index is 11.2. The number of hydrogen-bond acceptors (Lipinski definition) is 3. The molecule has 1 heterocycles. The van der Waals surface area contributed by atoms with Gasteiger partial charge in [0.15, 0.2) is 0 Å². The molecule has 1 aliphatic rings. The van der Waals surface area contributed by atoms with Crippen molar-refractivity contribution < 1.29 is 13.2 Å². The topological polar surface area (TPSA) is 75.3 Å². The monoisotopic (exact) mass is 216 g/mol. The first-order valence-corrected chi connectivity index (χ1v) is 5.69. The fourth-order valence-electron chi connectivity index (χ4n) is 1.17. The minimum Gasteiger partial charge on any atom is -0.356 e. The van der Waals surface area contributed by atoms with Crippen molar-refractivity contribution in [3.63, 3.8) is 0 Å². The molecule has 6 heteroatoms. The predicted octanol–water partition coefficient (Wildman–Crippen LogP) is -0.504. The number of carbonyl (C=O) groups excluding carboxylic acids is 1. The van der Waals surface area contributed by atoms with Gasteiger partial charge in [0.05, 0.1) is 5.75 Å². The number of allylic oxidation sites excluding steroid dienone is 2. The van der Waals surface area contributed by atoms with Crippen LogP contribution in [-0.4, -0.2) is 27.1 Å². The van der Waals surface area contributed by atoms with Crippen LogP contribution in [0, 0.1) is 0 Å². The van der Waals surface area contributed by atoms with Gasteiger partial charge in [0, 0.05) is 18.8 Å². The number of hydrogen-bond donors (Lipinski definition) is 2. The summed E-state index contributed by atoms with van der Waals surface area (Å²) in [6.07, 6.45) is 2.91. The Balaban J connectivity index is 2.98. The average Bonchev–Trinajstić information content (AvgIpc) is 1.99. The Bertz CT molecular complexity index is 406. The zero-order chi connectivity index (χ0) is 10.8. The first-order chi connectivity index (χ1) is 6.43. The molecule has 0 aliphatic carbocycles. The molecular formula is C8H12N2O3S. The lowest BCUT2D eigenvalue weighted by molar-refractivity contribution is -0.116. The third-order valence-corrected chi connectivity index (χ3v) is 2.98. The lowest BCUT2D eigenvalue weighted by Gasteiger charge is -2.14. The number of rotatable bonds is 1. The van der Waals surface area contributed by atoms with Crippen molar-refractivity contribution in [3.8, 4) is 0 Å². The Morgan fingerprint density at radius 3 is 2.79 bits per heavy atom. The molecule has 0 unspecified atom stereocenters. The summed E-state index contributed by atoms with van der Waals surface area (Å²) in [4.78, 5) is 11.0. The van der Waals surface area contributed by atoms with Crippen LogP contribution in [0.2, 0.25) is 0 Å². The van der Waals surface area contributed by atoms with Crippen molar-refractivity contribution in [3.05, 3.63) is 23.4 Å². The van der Waals surface area contributed by atoms with E-state index in [2.05, 4.69) is 10.0 Å². The highest BCUT2D eigenvalue weighted by molar-refractivity contribution is 7.89. The molecule has 1 aliphatic heterocycles. The Labute approximate surface area is 82.9 Å². The van der Waals surface area contributed by atoms with Crippen LogP contribution in [0.15, 0.2) is 23.4 Å². The summed E-state index contributed by atoms with van der Waals surface area (Å²) in [7, 11) is -1.81. The molecule has 0 bridgehead atoms. The lowest BCUT2D eigenvalue weighted by atomic mass is 10.2. The van der Waals surface area contributed by atoms with E-state index in [1.807, 2.05) is 0 Å². The van der Waals surface area contributed by atoms with Gasteiger partial charge in [-0.2, -0.15) is 0 Å². The van der Waals surface area contributed by atoms with E-state index in [0.29, 0.717) is 11.3 Å². The molecule has 5 nitrogen and oxygen atoms in total. The largest absolute Gasteiger partial charge is 0.356 e. The number of nitrogens with one attached hydrogen (secondary N) is 2. The number of likely N-dealkylation sites (N-methyl/N-ethyl adjacent to an activating group) is 1. The Morgan fingerprint density at radius 1 is 1.64 bits per heavy atom. The molecule has 0 atom stereocenters. The molecular weight excluding hydrogens is 204 g/mol. The van der Waals surface area contributed by atoms with E-state index in [-0.39, 0.29) is 11.7 Å². The van der Waals surface area contributed by atoms with Crippen LogP contribution in [0.5, 0.6) is 0 Å². The van der Waals surface area contributed by atoms with Gasteiger partial charge in [0.2, 0.25) is 15.9 Å². The first-order valence-electron chi connectivity index (χ1n) is 4.04. The first kappa shape index (κ1) is 10.8. The summed E-state index contributed by atoms with van der Waals surface area (Å²) in [5.74, 6) is -0.459. The summed E-state index contributed by atoms with van der Waals surface area (Å²) in [5, 5.41) is 2.39. The van der Waals surface area contributed by atoms with Gasteiger partial charge in [-0.1, -0.05) is 0 Å².